The molecule has 0 unspecified atom stereocenters. The zero-order valence-electron chi connectivity index (χ0n) is 13.5. The molecule has 2 N–H and O–H groups in total. The lowest BCUT2D eigenvalue weighted by molar-refractivity contribution is -0.139. The molecule has 3 rings (SSSR count). The predicted molar refractivity (Wildman–Crippen MR) is 84.5 cm³/mol. The first-order chi connectivity index (χ1) is 10.6. The zero-order chi connectivity index (χ0) is 15.6. The SMILES string of the molecule is Cc1cnc([C@H]2CCCN(C(=O)CC3(O)CCCCC3)C2)[nH]1. The maximum absolute atomic E-state index is 12.6. The second kappa shape index (κ2) is 6.41. The molecular weight excluding hydrogens is 278 g/mol. The summed E-state index contributed by atoms with van der Waals surface area (Å²) in [4.78, 5) is 22.2. The van der Waals surface area contributed by atoms with Crippen molar-refractivity contribution in [3.05, 3.63) is 17.7 Å². The molecule has 1 aliphatic carbocycles. The minimum absolute atomic E-state index is 0.109. The molecule has 0 aromatic carbocycles. The molecule has 5 heteroatoms. The fourth-order valence-corrected chi connectivity index (χ4v) is 3.85. The van der Waals surface area contributed by atoms with Gasteiger partial charge in [-0.3, -0.25) is 4.79 Å². The number of carbonyl (C=O) groups excluding carboxylic acids is 1. The van der Waals surface area contributed by atoms with E-state index in [0.717, 1.165) is 63.1 Å². The molecule has 1 saturated heterocycles. The number of aromatic amines is 1. The lowest BCUT2D eigenvalue weighted by Gasteiger charge is -2.36. The van der Waals surface area contributed by atoms with Crippen molar-refractivity contribution in [2.24, 2.45) is 0 Å². The molecular formula is C17H27N3O2. The number of likely N-dealkylation sites (tertiary alicyclic amines) is 1. The zero-order valence-corrected chi connectivity index (χ0v) is 13.5. The van der Waals surface area contributed by atoms with Crippen LogP contribution < -0.4 is 0 Å². The van der Waals surface area contributed by atoms with E-state index in [1.165, 1.54) is 6.42 Å². The quantitative estimate of drug-likeness (QED) is 0.901. The number of rotatable bonds is 3. The molecule has 122 valence electrons. The Hall–Kier alpha value is -1.36. The number of aliphatic hydroxyl groups is 1. The van der Waals surface area contributed by atoms with Gasteiger partial charge >= 0.3 is 0 Å². The highest BCUT2D eigenvalue weighted by atomic mass is 16.3. The van der Waals surface area contributed by atoms with Crippen molar-refractivity contribution in [2.45, 2.75) is 69.8 Å². The molecule has 2 heterocycles. The molecule has 22 heavy (non-hydrogen) atoms. The third-order valence-electron chi connectivity index (χ3n) is 5.15. The Balaban J connectivity index is 1.60. The van der Waals surface area contributed by atoms with Crippen molar-refractivity contribution < 1.29 is 9.90 Å². The lowest BCUT2D eigenvalue weighted by Crippen LogP contribution is -2.44. The van der Waals surface area contributed by atoms with E-state index in [-0.39, 0.29) is 12.3 Å². The van der Waals surface area contributed by atoms with Crippen LogP contribution in [0.25, 0.3) is 0 Å². The monoisotopic (exact) mass is 305 g/mol. The first-order valence-corrected chi connectivity index (χ1v) is 8.57. The minimum Gasteiger partial charge on any atom is -0.389 e. The van der Waals surface area contributed by atoms with Gasteiger partial charge in [0.1, 0.15) is 5.82 Å². The van der Waals surface area contributed by atoms with Crippen LogP contribution in [0.3, 0.4) is 0 Å². The number of piperidine rings is 1. The van der Waals surface area contributed by atoms with Gasteiger partial charge in [0, 0.05) is 30.9 Å². The molecule has 2 aliphatic rings. The van der Waals surface area contributed by atoms with E-state index in [4.69, 9.17) is 0 Å². The Kier molecular flexibility index (Phi) is 4.52. The summed E-state index contributed by atoms with van der Waals surface area (Å²) in [5, 5.41) is 10.6. The van der Waals surface area contributed by atoms with Crippen molar-refractivity contribution in [3.8, 4) is 0 Å². The normalized spacial score (nSPS) is 25.2. The number of amides is 1. The summed E-state index contributed by atoms with van der Waals surface area (Å²) in [5.74, 6) is 1.40. The van der Waals surface area contributed by atoms with E-state index in [1.807, 2.05) is 18.0 Å². The van der Waals surface area contributed by atoms with Crippen molar-refractivity contribution in [2.75, 3.05) is 13.1 Å². The van der Waals surface area contributed by atoms with Gasteiger partial charge in [0.15, 0.2) is 0 Å². The highest BCUT2D eigenvalue weighted by Crippen LogP contribution is 2.32. The summed E-state index contributed by atoms with van der Waals surface area (Å²) in [7, 11) is 0. The standard InChI is InChI=1S/C17H27N3O2/c1-13-11-18-16(19-13)14-6-5-9-20(12-14)15(21)10-17(22)7-3-2-4-8-17/h11,14,22H,2-10,12H2,1H3,(H,18,19)/t14-/m0/s1. The van der Waals surface area contributed by atoms with Crippen molar-refractivity contribution in [1.82, 2.24) is 14.9 Å². The summed E-state index contributed by atoms with van der Waals surface area (Å²) in [6.07, 6.45) is 9.02. The first kappa shape index (κ1) is 15.5. The van der Waals surface area contributed by atoms with E-state index in [0.29, 0.717) is 5.92 Å². The Morgan fingerprint density at radius 1 is 1.41 bits per heavy atom. The number of H-pyrrole nitrogens is 1. The smallest absolute Gasteiger partial charge is 0.225 e. The van der Waals surface area contributed by atoms with Crippen LogP contribution in [0.5, 0.6) is 0 Å². The second-order valence-electron chi connectivity index (χ2n) is 7.09. The van der Waals surface area contributed by atoms with Crippen LogP contribution in [-0.2, 0) is 4.79 Å². The van der Waals surface area contributed by atoms with Crippen LogP contribution in [0.2, 0.25) is 0 Å². The van der Waals surface area contributed by atoms with Gasteiger partial charge in [-0.05, 0) is 32.6 Å². The number of imidazole rings is 1. The summed E-state index contributed by atoms with van der Waals surface area (Å²) >= 11 is 0. The van der Waals surface area contributed by atoms with E-state index in [1.54, 1.807) is 0 Å². The molecule has 0 radical (unpaired) electrons. The number of carbonyl (C=O) groups is 1. The minimum atomic E-state index is -0.760. The summed E-state index contributed by atoms with van der Waals surface area (Å²) < 4.78 is 0. The number of hydrogen-bond donors (Lipinski definition) is 2. The summed E-state index contributed by atoms with van der Waals surface area (Å²) in [5.41, 5.74) is 0.304. The Labute approximate surface area is 132 Å². The number of hydrogen-bond acceptors (Lipinski definition) is 3. The van der Waals surface area contributed by atoms with Gasteiger partial charge in [0.2, 0.25) is 5.91 Å². The fraction of sp³-hybridized carbons (Fsp3) is 0.765. The van der Waals surface area contributed by atoms with Crippen LogP contribution >= 0.6 is 0 Å². The van der Waals surface area contributed by atoms with Crippen LogP contribution in [0.4, 0.5) is 0 Å². The van der Waals surface area contributed by atoms with E-state index in [2.05, 4.69) is 9.97 Å². The van der Waals surface area contributed by atoms with Crippen LogP contribution in [0, 0.1) is 6.92 Å². The van der Waals surface area contributed by atoms with Crippen LogP contribution in [-0.4, -0.2) is 44.6 Å². The molecule has 0 spiro atoms. The highest BCUT2D eigenvalue weighted by molar-refractivity contribution is 5.77. The maximum Gasteiger partial charge on any atom is 0.225 e. The van der Waals surface area contributed by atoms with E-state index in [9.17, 15) is 9.90 Å². The van der Waals surface area contributed by atoms with E-state index >= 15 is 0 Å². The molecule has 1 amide bonds. The maximum atomic E-state index is 12.6. The average Bonchev–Trinajstić information content (AvgIpc) is 2.94. The largest absolute Gasteiger partial charge is 0.389 e. The summed E-state index contributed by atoms with van der Waals surface area (Å²) in [6.45, 7) is 3.54. The Morgan fingerprint density at radius 2 is 2.18 bits per heavy atom. The van der Waals surface area contributed by atoms with Crippen LogP contribution in [0.1, 0.15) is 68.8 Å². The fourth-order valence-electron chi connectivity index (χ4n) is 3.85. The van der Waals surface area contributed by atoms with Crippen LogP contribution in [0.15, 0.2) is 6.20 Å². The lowest BCUT2D eigenvalue weighted by atomic mass is 9.82. The average molecular weight is 305 g/mol. The molecule has 2 fully saturated rings. The van der Waals surface area contributed by atoms with Gasteiger partial charge in [0.05, 0.1) is 12.0 Å². The Morgan fingerprint density at radius 3 is 2.86 bits per heavy atom. The molecule has 1 aliphatic heterocycles. The Bertz CT molecular complexity index is 520. The number of aryl methyl sites for hydroxylation is 1. The third-order valence-corrected chi connectivity index (χ3v) is 5.15. The van der Waals surface area contributed by atoms with Gasteiger partial charge in [-0.15, -0.1) is 0 Å². The molecule has 1 aromatic rings. The van der Waals surface area contributed by atoms with Crippen molar-refractivity contribution in [3.63, 3.8) is 0 Å². The second-order valence-corrected chi connectivity index (χ2v) is 7.09. The molecule has 1 aromatic heterocycles. The van der Waals surface area contributed by atoms with Gasteiger partial charge < -0.3 is 15.0 Å². The van der Waals surface area contributed by atoms with Crippen molar-refractivity contribution in [1.29, 1.82) is 0 Å². The van der Waals surface area contributed by atoms with Gasteiger partial charge in [-0.1, -0.05) is 19.3 Å². The summed E-state index contributed by atoms with van der Waals surface area (Å²) in [6, 6.07) is 0. The number of nitrogens with one attached hydrogen (secondary N) is 1. The third kappa shape index (κ3) is 3.51. The molecule has 1 atom stereocenters. The first-order valence-electron chi connectivity index (χ1n) is 8.57. The van der Waals surface area contributed by atoms with Gasteiger partial charge in [-0.25, -0.2) is 4.98 Å². The number of aromatic nitrogens is 2. The number of nitrogens with zero attached hydrogens (tertiary/aromatic N) is 2. The van der Waals surface area contributed by atoms with E-state index < -0.39 is 5.60 Å². The highest BCUT2D eigenvalue weighted by Gasteiger charge is 2.35. The topological polar surface area (TPSA) is 69.2 Å². The van der Waals surface area contributed by atoms with Gasteiger partial charge in [0.25, 0.3) is 0 Å². The predicted octanol–water partition coefficient (Wildman–Crippen LogP) is 2.51. The molecule has 5 nitrogen and oxygen atoms in total. The molecule has 1 saturated carbocycles. The molecule has 0 bridgehead atoms. The van der Waals surface area contributed by atoms with Gasteiger partial charge in [-0.2, -0.15) is 0 Å². The van der Waals surface area contributed by atoms with Crippen molar-refractivity contribution >= 4 is 5.91 Å².